The van der Waals surface area contributed by atoms with Crippen LogP contribution in [0.4, 0.5) is 4.39 Å². The summed E-state index contributed by atoms with van der Waals surface area (Å²) in [5, 5.41) is 0. The molecule has 2 aliphatic heterocycles. The minimum Gasteiger partial charge on any atom is -0.466 e. The van der Waals surface area contributed by atoms with Gasteiger partial charge in [0.1, 0.15) is 11.9 Å². The van der Waals surface area contributed by atoms with Gasteiger partial charge in [0.2, 0.25) is 0 Å². The van der Waals surface area contributed by atoms with Gasteiger partial charge in [0.05, 0.1) is 37.4 Å². The molecule has 3 rings (SSSR count). The number of benzene rings is 1. The zero-order chi connectivity index (χ0) is 17.3. The quantitative estimate of drug-likeness (QED) is 0.609. The molecule has 2 bridgehead atoms. The van der Waals surface area contributed by atoms with Crippen LogP contribution in [-0.4, -0.2) is 38.4 Å². The van der Waals surface area contributed by atoms with E-state index in [9.17, 15) is 14.0 Å². The normalized spacial score (nSPS) is 24.4. The van der Waals surface area contributed by atoms with Gasteiger partial charge >= 0.3 is 11.9 Å². The summed E-state index contributed by atoms with van der Waals surface area (Å²) in [4.78, 5) is 23.9. The summed E-state index contributed by atoms with van der Waals surface area (Å²) in [7, 11) is 2.50. The molecule has 3 atom stereocenters. The number of ether oxygens (including phenoxy) is 3. The van der Waals surface area contributed by atoms with Gasteiger partial charge in [-0.2, -0.15) is 0 Å². The topological polar surface area (TPSA) is 61.8 Å². The largest absolute Gasteiger partial charge is 0.466 e. The molecule has 0 aromatic heterocycles. The lowest BCUT2D eigenvalue weighted by Gasteiger charge is -2.17. The molecular formula is C18H15FO5. The van der Waals surface area contributed by atoms with E-state index < -0.39 is 24.1 Å². The van der Waals surface area contributed by atoms with Gasteiger partial charge in [-0.25, -0.2) is 14.0 Å². The smallest absolute Gasteiger partial charge is 0.337 e. The zero-order valence-corrected chi connectivity index (χ0v) is 13.2. The third-order valence-corrected chi connectivity index (χ3v) is 4.10. The first-order chi connectivity index (χ1) is 11.5. The first-order valence-electron chi connectivity index (χ1n) is 7.38. The van der Waals surface area contributed by atoms with E-state index in [1.165, 1.54) is 26.4 Å². The highest BCUT2D eigenvalue weighted by atomic mass is 19.1. The highest BCUT2D eigenvalue weighted by Gasteiger charge is 2.51. The van der Waals surface area contributed by atoms with E-state index in [1.54, 1.807) is 12.1 Å². The summed E-state index contributed by atoms with van der Waals surface area (Å²) in [5.74, 6) is 4.21. The molecule has 0 aliphatic carbocycles. The minimum absolute atomic E-state index is 0.180. The molecule has 1 fully saturated rings. The SMILES string of the molecule is COC(=O)C1=C(C(=O)OC)C2OC1CC2C#Cc1ccc(F)cc1. The average molecular weight is 330 g/mol. The molecule has 1 aromatic rings. The Balaban J connectivity index is 1.88. The van der Waals surface area contributed by atoms with Gasteiger partial charge < -0.3 is 14.2 Å². The van der Waals surface area contributed by atoms with Crippen molar-refractivity contribution in [3.63, 3.8) is 0 Å². The zero-order valence-electron chi connectivity index (χ0n) is 13.2. The molecule has 5 nitrogen and oxygen atoms in total. The highest BCUT2D eigenvalue weighted by Crippen LogP contribution is 2.43. The Morgan fingerprint density at radius 2 is 1.75 bits per heavy atom. The Morgan fingerprint density at radius 1 is 1.12 bits per heavy atom. The lowest BCUT2D eigenvalue weighted by molar-refractivity contribution is -0.139. The predicted octanol–water partition coefficient (Wildman–Crippen LogP) is 1.61. The van der Waals surface area contributed by atoms with E-state index in [0.717, 1.165) is 0 Å². The maximum atomic E-state index is 12.9. The van der Waals surface area contributed by atoms with Crippen LogP contribution in [0.3, 0.4) is 0 Å². The molecule has 0 radical (unpaired) electrons. The second-order valence-corrected chi connectivity index (χ2v) is 5.47. The molecule has 0 spiro atoms. The number of carbonyl (C=O) groups excluding carboxylic acids is 2. The van der Waals surface area contributed by atoms with Crippen LogP contribution in [0.1, 0.15) is 12.0 Å². The molecule has 1 saturated heterocycles. The number of esters is 2. The van der Waals surface area contributed by atoms with Crippen molar-refractivity contribution in [2.24, 2.45) is 5.92 Å². The van der Waals surface area contributed by atoms with E-state index >= 15 is 0 Å². The van der Waals surface area contributed by atoms with E-state index in [4.69, 9.17) is 14.2 Å². The number of rotatable bonds is 2. The fraction of sp³-hybridized carbons (Fsp3) is 0.333. The molecule has 0 amide bonds. The lowest BCUT2D eigenvalue weighted by Crippen LogP contribution is -2.28. The molecule has 0 N–H and O–H groups in total. The third-order valence-electron chi connectivity index (χ3n) is 4.10. The van der Waals surface area contributed by atoms with Gasteiger partial charge in [-0.1, -0.05) is 11.8 Å². The Hall–Kier alpha value is -2.65. The fourth-order valence-electron chi connectivity index (χ4n) is 2.99. The van der Waals surface area contributed by atoms with Crippen molar-refractivity contribution in [1.29, 1.82) is 0 Å². The van der Waals surface area contributed by atoms with Crippen LogP contribution in [0.15, 0.2) is 35.4 Å². The Bertz CT molecular complexity index is 769. The summed E-state index contributed by atoms with van der Waals surface area (Å²) in [6.07, 6.45) is -0.655. The first kappa shape index (κ1) is 16.2. The van der Waals surface area contributed by atoms with Gasteiger partial charge in [-0.15, -0.1) is 0 Å². The van der Waals surface area contributed by atoms with E-state index in [2.05, 4.69) is 11.8 Å². The van der Waals surface area contributed by atoms with Crippen molar-refractivity contribution >= 4 is 11.9 Å². The van der Waals surface area contributed by atoms with Gasteiger partial charge in [0.25, 0.3) is 0 Å². The van der Waals surface area contributed by atoms with Crippen LogP contribution in [0.2, 0.25) is 0 Å². The molecular weight excluding hydrogens is 315 g/mol. The number of methoxy groups -OCH3 is 2. The Kier molecular flexibility index (Phi) is 4.36. The van der Waals surface area contributed by atoms with Crippen molar-refractivity contribution in [3.05, 3.63) is 46.8 Å². The summed E-state index contributed by atoms with van der Waals surface area (Å²) >= 11 is 0. The molecule has 3 unspecified atom stereocenters. The van der Waals surface area contributed by atoms with Crippen molar-refractivity contribution in [2.75, 3.05) is 14.2 Å². The average Bonchev–Trinajstić information content (AvgIpc) is 3.17. The number of hydrogen-bond donors (Lipinski definition) is 0. The van der Waals surface area contributed by atoms with Gasteiger partial charge in [0, 0.05) is 5.56 Å². The fourth-order valence-corrected chi connectivity index (χ4v) is 2.99. The van der Waals surface area contributed by atoms with Crippen molar-refractivity contribution in [3.8, 4) is 11.8 Å². The number of fused-ring (bicyclic) bond motifs is 2. The second-order valence-electron chi connectivity index (χ2n) is 5.47. The summed E-state index contributed by atoms with van der Waals surface area (Å²) < 4.78 is 28.1. The van der Waals surface area contributed by atoms with Crippen molar-refractivity contribution < 1.29 is 28.2 Å². The molecule has 1 aromatic carbocycles. The number of carbonyl (C=O) groups is 2. The van der Waals surface area contributed by atoms with Gasteiger partial charge in [-0.05, 0) is 30.7 Å². The molecule has 24 heavy (non-hydrogen) atoms. The van der Waals surface area contributed by atoms with E-state index in [1.807, 2.05) is 0 Å². The van der Waals surface area contributed by atoms with Crippen molar-refractivity contribution in [2.45, 2.75) is 18.6 Å². The van der Waals surface area contributed by atoms with Crippen LogP contribution in [0, 0.1) is 23.6 Å². The van der Waals surface area contributed by atoms with E-state index in [-0.39, 0.29) is 22.9 Å². The lowest BCUT2D eigenvalue weighted by atomic mass is 9.84. The predicted molar refractivity (Wildman–Crippen MR) is 81.1 cm³/mol. The monoisotopic (exact) mass is 330 g/mol. The maximum Gasteiger partial charge on any atom is 0.337 e. The summed E-state index contributed by atoms with van der Waals surface area (Å²) in [6, 6.07) is 5.81. The van der Waals surface area contributed by atoms with Crippen LogP contribution >= 0.6 is 0 Å². The van der Waals surface area contributed by atoms with Crippen LogP contribution in [0.25, 0.3) is 0 Å². The second kappa shape index (κ2) is 6.46. The number of halogens is 1. The van der Waals surface area contributed by atoms with Crippen LogP contribution in [-0.2, 0) is 23.8 Å². The third kappa shape index (κ3) is 2.79. The van der Waals surface area contributed by atoms with E-state index in [0.29, 0.717) is 12.0 Å². The van der Waals surface area contributed by atoms with Crippen LogP contribution in [0.5, 0.6) is 0 Å². The molecule has 2 heterocycles. The minimum atomic E-state index is -0.621. The maximum absolute atomic E-state index is 12.9. The first-order valence-corrected chi connectivity index (χ1v) is 7.38. The number of hydrogen-bond acceptors (Lipinski definition) is 5. The Labute approximate surface area is 138 Å². The van der Waals surface area contributed by atoms with Crippen LogP contribution < -0.4 is 0 Å². The highest BCUT2D eigenvalue weighted by molar-refractivity contribution is 6.03. The van der Waals surface area contributed by atoms with Crippen molar-refractivity contribution in [1.82, 2.24) is 0 Å². The van der Waals surface area contributed by atoms with Gasteiger partial charge in [0.15, 0.2) is 0 Å². The molecule has 124 valence electrons. The standard InChI is InChI=1S/C18H15FO5/c1-22-17(20)14-13-9-11(16(24-13)15(14)18(21)23-2)6-3-10-4-7-12(19)8-5-10/h4-5,7-8,11,13,16H,9H2,1-2H3. The van der Waals surface area contributed by atoms with Gasteiger partial charge in [-0.3, -0.25) is 0 Å². The molecule has 0 saturated carbocycles. The summed E-state index contributed by atoms with van der Waals surface area (Å²) in [6.45, 7) is 0. The molecule has 2 aliphatic rings. The summed E-state index contributed by atoms with van der Waals surface area (Å²) in [5.41, 5.74) is 1.06. The molecule has 6 heteroatoms. The Morgan fingerprint density at radius 3 is 2.38 bits per heavy atom.